The third-order valence-corrected chi connectivity index (χ3v) is 4.04. The monoisotopic (exact) mass is 191 g/mol. The molecule has 0 amide bonds. The Bertz CT molecular complexity index is 220. The predicted molar refractivity (Wildman–Crippen MR) is 44.6 cm³/mol. The van der Waals surface area contributed by atoms with Gasteiger partial charge in [-0.25, -0.2) is 0 Å². The van der Waals surface area contributed by atoms with Crippen molar-refractivity contribution in [3.8, 4) is 0 Å². The molecule has 1 aromatic carbocycles. The molecule has 0 atom stereocenters. The van der Waals surface area contributed by atoms with E-state index < -0.39 is 8.80 Å². The second kappa shape index (κ2) is 3.38. The summed E-state index contributed by atoms with van der Waals surface area (Å²) in [6, 6.07) is 8.42. The van der Waals surface area contributed by atoms with Gasteiger partial charge in [-0.1, -0.05) is 0 Å². The quantitative estimate of drug-likeness (QED) is 0.569. The summed E-state index contributed by atoms with van der Waals surface area (Å²) < 4.78 is 1.21. The molecule has 1 rings (SSSR count). The molecule has 0 heterocycles. The van der Waals surface area contributed by atoms with Crippen LogP contribution in [0.4, 0.5) is 0 Å². The van der Waals surface area contributed by atoms with Gasteiger partial charge < -0.3 is 0 Å². The summed E-state index contributed by atoms with van der Waals surface area (Å²) in [5.41, 5.74) is 0. The van der Waals surface area contributed by atoms with Crippen LogP contribution in [0.5, 0.6) is 0 Å². The first kappa shape index (κ1) is 8.06. The molecule has 0 aliphatic carbocycles. The maximum absolute atomic E-state index is 3.98. The van der Waals surface area contributed by atoms with E-state index in [9.17, 15) is 0 Å². The fourth-order valence-corrected chi connectivity index (χ4v) is 3.22. The van der Waals surface area contributed by atoms with Crippen LogP contribution in [0.1, 0.15) is 0 Å². The summed E-state index contributed by atoms with van der Waals surface area (Å²) >= 11 is 3.98. The molecule has 0 unspecified atom stereocenters. The van der Waals surface area contributed by atoms with Crippen molar-refractivity contribution in [1.82, 2.24) is 0 Å². The van der Waals surface area contributed by atoms with E-state index in [1.165, 1.54) is 9.65 Å². The molecule has 0 aliphatic heterocycles. The molecule has 10 heavy (non-hydrogen) atoms. The molecule has 0 bridgehead atoms. The zero-order valence-electron chi connectivity index (χ0n) is 6.24. The first-order valence-electron chi connectivity index (χ1n) is 3.45. The Morgan fingerprint density at radius 1 is 1.20 bits per heavy atom. The Balaban J connectivity index is 3.03. The minimum absolute atomic E-state index is 0.631. The second-order valence-electron chi connectivity index (χ2n) is 2.66. The summed E-state index contributed by atoms with van der Waals surface area (Å²) in [6.07, 6.45) is 0. The van der Waals surface area contributed by atoms with E-state index in [1.54, 1.807) is 0 Å². The number of rotatable bonds is 1. The molecule has 0 saturated carbocycles. The molecule has 55 valence electrons. The van der Waals surface area contributed by atoms with Gasteiger partial charge in [-0.15, -0.1) is 0 Å². The van der Waals surface area contributed by atoms with Crippen LogP contribution in [0, 0.1) is 0 Å². The van der Waals surface area contributed by atoms with Crippen molar-refractivity contribution in [1.29, 1.82) is 0 Å². The Morgan fingerprint density at radius 2 is 1.80 bits per heavy atom. The second-order valence-corrected chi connectivity index (χ2v) is 6.19. The van der Waals surface area contributed by atoms with Crippen LogP contribution in [0.3, 0.4) is 0 Å². The van der Waals surface area contributed by atoms with Crippen LogP contribution in [0.2, 0.25) is 13.1 Å². The van der Waals surface area contributed by atoms with Gasteiger partial charge in [0.15, 0.2) is 0 Å². The van der Waals surface area contributed by atoms with E-state index in [-0.39, 0.29) is 0 Å². The van der Waals surface area contributed by atoms with Gasteiger partial charge in [0.1, 0.15) is 0 Å². The first-order valence-corrected chi connectivity index (χ1v) is 6.89. The van der Waals surface area contributed by atoms with E-state index >= 15 is 0 Å². The van der Waals surface area contributed by atoms with Gasteiger partial charge >= 0.3 is 71.8 Å². The molecule has 0 spiro atoms. The summed E-state index contributed by atoms with van der Waals surface area (Å²) in [5, 5.41) is 1.49. The molecular formula is C8H11FeSi. The van der Waals surface area contributed by atoms with Gasteiger partial charge in [0.2, 0.25) is 0 Å². The fraction of sp³-hybridized carbons (Fsp3) is 0.250. The average Bonchev–Trinajstić information content (AvgIpc) is 1.88. The van der Waals surface area contributed by atoms with Crippen molar-refractivity contribution in [2.75, 3.05) is 0 Å². The summed E-state index contributed by atoms with van der Waals surface area (Å²) in [7, 11) is -0.631. The summed E-state index contributed by atoms with van der Waals surface area (Å²) in [4.78, 5) is 0. The SMILES string of the molecule is C[SiH](C)c1cccc[c]1[Fe]. The van der Waals surface area contributed by atoms with Crippen molar-refractivity contribution in [3.05, 3.63) is 24.3 Å². The Kier molecular flexibility index (Phi) is 2.72. The van der Waals surface area contributed by atoms with Gasteiger partial charge in [-0.3, -0.25) is 0 Å². The molecule has 0 N–H and O–H groups in total. The van der Waals surface area contributed by atoms with Gasteiger partial charge in [0, 0.05) is 0 Å². The van der Waals surface area contributed by atoms with E-state index in [0.29, 0.717) is 0 Å². The normalized spacial score (nSPS) is 10.4. The van der Waals surface area contributed by atoms with Gasteiger partial charge in [-0.05, 0) is 0 Å². The fourth-order valence-electron chi connectivity index (χ4n) is 0.932. The molecule has 1 aromatic rings. The van der Waals surface area contributed by atoms with Crippen LogP contribution < -0.4 is 9.65 Å². The number of hydrogen-bond acceptors (Lipinski definition) is 0. The van der Waals surface area contributed by atoms with E-state index in [4.69, 9.17) is 0 Å². The Labute approximate surface area is 72.1 Å². The van der Waals surface area contributed by atoms with Crippen molar-refractivity contribution >= 4 is 18.4 Å². The predicted octanol–water partition coefficient (Wildman–Crippen LogP) is 0.552. The minimum atomic E-state index is -0.631. The molecule has 0 nitrogen and oxygen atoms in total. The van der Waals surface area contributed by atoms with Crippen LogP contribution in [-0.2, 0) is 16.0 Å². The van der Waals surface area contributed by atoms with Crippen molar-refractivity contribution in [2.24, 2.45) is 0 Å². The molecule has 0 aromatic heterocycles. The van der Waals surface area contributed by atoms with Crippen LogP contribution in [-0.4, -0.2) is 8.80 Å². The van der Waals surface area contributed by atoms with Crippen molar-refractivity contribution < 1.29 is 16.0 Å². The number of benzene rings is 1. The van der Waals surface area contributed by atoms with Gasteiger partial charge in [0.25, 0.3) is 0 Å². The van der Waals surface area contributed by atoms with Crippen molar-refractivity contribution in [3.63, 3.8) is 0 Å². The zero-order chi connectivity index (χ0) is 7.56. The summed E-state index contributed by atoms with van der Waals surface area (Å²) in [6.45, 7) is 4.65. The Hall–Kier alpha value is -0.0436. The topological polar surface area (TPSA) is 0 Å². The van der Waals surface area contributed by atoms with Crippen LogP contribution >= 0.6 is 0 Å². The molecule has 0 aliphatic rings. The summed E-state index contributed by atoms with van der Waals surface area (Å²) in [5.74, 6) is 0. The van der Waals surface area contributed by atoms with E-state index in [1.807, 2.05) is 6.07 Å². The average molecular weight is 191 g/mol. The van der Waals surface area contributed by atoms with Crippen molar-refractivity contribution in [2.45, 2.75) is 13.1 Å². The molecule has 0 saturated heterocycles. The molecule has 2 heteroatoms. The van der Waals surface area contributed by atoms with E-state index in [0.717, 1.165) is 0 Å². The first-order chi connectivity index (χ1) is 4.72. The molecule has 0 radical (unpaired) electrons. The maximum atomic E-state index is 3.98. The number of hydrogen-bond donors (Lipinski definition) is 0. The molecule has 0 fully saturated rings. The Morgan fingerprint density at radius 3 is 2.20 bits per heavy atom. The molecular weight excluding hydrogens is 180 g/mol. The third-order valence-electron chi connectivity index (χ3n) is 1.52. The van der Waals surface area contributed by atoms with Crippen LogP contribution in [0.25, 0.3) is 0 Å². The van der Waals surface area contributed by atoms with Gasteiger partial charge in [-0.2, -0.15) is 0 Å². The third kappa shape index (κ3) is 1.72. The standard InChI is InChI=1S/C8H11Si.Fe/c1-9(2)8-6-4-3-5-7-8;/h3-6,9H,1-2H3;. The van der Waals surface area contributed by atoms with E-state index in [2.05, 4.69) is 47.3 Å². The van der Waals surface area contributed by atoms with Gasteiger partial charge in [0.05, 0.1) is 0 Å². The van der Waals surface area contributed by atoms with Crippen LogP contribution in [0.15, 0.2) is 24.3 Å². The zero-order valence-corrected chi connectivity index (χ0v) is 8.50.